The van der Waals surface area contributed by atoms with Gasteiger partial charge in [0, 0.05) is 24.4 Å². The average molecular weight is 314 g/mol. The Kier molecular flexibility index (Phi) is 6.51. The number of hydrogen-bond acceptors (Lipinski definition) is 4. The second-order valence-corrected chi connectivity index (χ2v) is 2.48. The van der Waals surface area contributed by atoms with Crippen LogP contribution in [0.3, 0.4) is 0 Å². The van der Waals surface area contributed by atoms with E-state index in [9.17, 15) is 14.4 Å². The molecule has 14 heavy (non-hydrogen) atoms. The van der Waals surface area contributed by atoms with E-state index in [-0.39, 0.29) is 24.4 Å². The predicted molar refractivity (Wildman–Crippen MR) is 42.8 cm³/mol. The van der Waals surface area contributed by atoms with Gasteiger partial charge in [-0.05, 0) is 0 Å². The van der Waals surface area contributed by atoms with Crippen LogP contribution in [0.4, 0.5) is 0 Å². The second-order valence-electron chi connectivity index (χ2n) is 2.48. The maximum absolute atomic E-state index is 10.3. The average Bonchev–Trinajstić information content (AvgIpc) is 1.82. The van der Waals surface area contributed by atoms with Crippen molar-refractivity contribution in [1.29, 1.82) is 0 Å². The molecule has 79 valence electrons. The Hall–Kier alpha value is -0.812. The Morgan fingerprint density at radius 3 is 1.36 bits per heavy atom. The van der Waals surface area contributed by atoms with E-state index in [1.807, 2.05) is 0 Å². The molecular formula is C6H8O7Sb. The van der Waals surface area contributed by atoms with Crippen molar-refractivity contribution in [3.63, 3.8) is 0 Å². The van der Waals surface area contributed by atoms with Crippen molar-refractivity contribution in [3.8, 4) is 0 Å². The van der Waals surface area contributed by atoms with Gasteiger partial charge in [0.1, 0.15) is 0 Å². The van der Waals surface area contributed by atoms with Crippen LogP contribution in [0, 0.1) is 0 Å². The molecule has 0 saturated heterocycles. The van der Waals surface area contributed by atoms with Crippen LogP contribution >= 0.6 is 0 Å². The maximum atomic E-state index is 10.3. The van der Waals surface area contributed by atoms with Gasteiger partial charge in [-0.1, -0.05) is 0 Å². The van der Waals surface area contributed by atoms with Gasteiger partial charge in [-0.15, -0.1) is 0 Å². The molecule has 0 aromatic heterocycles. The minimum absolute atomic E-state index is 0. The maximum Gasteiger partial charge on any atom is 0.336 e. The van der Waals surface area contributed by atoms with E-state index >= 15 is 0 Å². The van der Waals surface area contributed by atoms with Gasteiger partial charge >= 0.3 is 17.9 Å². The molecule has 0 aliphatic rings. The fraction of sp³-hybridized carbons (Fsp3) is 0.500. The van der Waals surface area contributed by atoms with Crippen LogP contribution in [0.15, 0.2) is 0 Å². The van der Waals surface area contributed by atoms with E-state index in [0.29, 0.717) is 0 Å². The van der Waals surface area contributed by atoms with E-state index in [4.69, 9.17) is 20.4 Å². The van der Waals surface area contributed by atoms with E-state index in [2.05, 4.69) is 0 Å². The molecule has 0 fully saturated rings. The molecule has 8 heteroatoms. The fourth-order valence-electron chi connectivity index (χ4n) is 0.714. The van der Waals surface area contributed by atoms with Crippen LogP contribution in [0.25, 0.3) is 0 Å². The second kappa shape index (κ2) is 5.82. The van der Waals surface area contributed by atoms with Gasteiger partial charge in [-0.2, -0.15) is 0 Å². The standard InChI is InChI=1S/C6H8O7.Sb/c7-3(8)1-6(13,5(11)12)2-4(9)10;/h13H,1-2H2,(H,7,8)(H,9,10)(H,11,12);. The van der Waals surface area contributed by atoms with Crippen LogP contribution in [0.1, 0.15) is 12.8 Å². The first-order chi connectivity index (χ1) is 5.78. The number of carboxylic acid groups (broad SMARTS) is 3. The summed E-state index contributed by atoms with van der Waals surface area (Å²) in [5.74, 6) is -5.02. The van der Waals surface area contributed by atoms with Crippen LogP contribution in [0.5, 0.6) is 0 Å². The Bertz CT molecular complexity index is 233. The van der Waals surface area contributed by atoms with Gasteiger partial charge in [-0.3, -0.25) is 9.59 Å². The Labute approximate surface area is 95.8 Å². The Balaban J connectivity index is 0. The van der Waals surface area contributed by atoms with Crippen molar-refractivity contribution in [2.45, 2.75) is 18.4 Å². The normalized spacial score (nSPS) is 10.1. The number of carboxylic acids is 3. The summed E-state index contributed by atoms with van der Waals surface area (Å²) in [5, 5.41) is 33.8. The quantitative estimate of drug-likeness (QED) is 0.448. The molecule has 0 rings (SSSR count). The molecule has 0 amide bonds. The number of hydrogen-bond donors (Lipinski definition) is 4. The summed E-state index contributed by atoms with van der Waals surface area (Å²) in [7, 11) is 0. The number of aliphatic carboxylic acids is 3. The first-order valence-corrected chi connectivity index (χ1v) is 3.17. The molecule has 0 atom stereocenters. The van der Waals surface area contributed by atoms with Gasteiger partial charge in [0.2, 0.25) is 0 Å². The largest absolute Gasteiger partial charge is 0.481 e. The molecule has 0 aromatic carbocycles. The topological polar surface area (TPSA) is 132 Å². The smallest absolute Gasteiger partial charge is 0.336 e. The molecule has 4 N–H and O–H groups in total. The van der Waals surface area contributed by atoms with Crippen LogP contribution in [-0.2, 0) is 14.4 Å². The molecule has 7 nitrogen and oxygen atoms in total. The summed E-state index contributed by atoms with van der Waals surface area (Å²) in [6.07, 6.45) is -2.29. The summed E-state index contributed by atoms with van der Waals surface area (Å²) in [4.78, 5) is 30.5. The van der Waals surface area contributed by atoms with E-state index in [1.54, 1.807) is 0 Å². The van der Waals surface area contributed by atoms with Crippen molar-refractivity contribution in [3.05, 3.63) is 0 Å². The van der Waals surface area contributed by atoms with Gasteiger partial charge in [0.15, 0.2) is 5.60 Å². The zero-order valence-electron chi connectivity index (χ0n) is 6.88. The number of carbonyl (C=O) groups is 3. The van der Waals surface area contributed by atoms with E-state index in [1.165, 1.54) is 0 Å². The monoisotopic (exact) mass is 313 g/mol. The van der Waals surface area contributed by atoms with Crippen molar-refractivity contribution in [1.82, 2.24) is 0 Å². The van der Waals surface area contributed by atoms with Crippen LogP contribution in [-0.4, -0.2) is 68.4 Å². The summed E-state index contributed by atoms with van der Waals surface area (Å²) in [6.45, 7) is 0. The Morgan fingerprint density at radius 2 is 1.21 bits per heavy atom. The summed E-state index contributed by atoms with van der Waals surface area (Å²) >= 11 is 0. The minimum atomic E-state index is -2.74. The first kappa shape index (κ1) is 15.7. The molecular weight excluding hydrogens is 306 g/mol. The summed E-state index contributed by atoms with van der Waals surface area (Å²) < 4.78 is 0. The fourth-order valence-corrected chi connectivity index (χ4v) is 0.714. The minimum Gasteiger partial charge on any atom is -0.481 e. The van der Waals surface area contributed by atoms with Crippen molar-refractivity contribution < 1.29 is 34.8 Å². The van der Waals surface area contributed by atoms with Crippen molar-refractivity contribution in [2.24, 2.45) is 0 Å². The third kappa shape index (κ3) is 5.03. The molecule has 0 aliphatic heterocycles. The Morgan fingerprint density at radius 1 is 0.929 bits per heavy atom. The summed E-state index contributed by atoms with van der Waals surface area (Å²) in [6, 6.07) is 0. The first-order valence-electron chi connectivity index (χ1n) is 3.17. The predicted octanol–water partition coefficient (Wildman–Crippen LogP) is -1.63. The summed E-state index contributed by atoms with van der Waals surface area (Å²) in [5.41, 5.74) is -2.74. The molecule has 3 radical (unpaired) electrons. The molecule has 0 unspecified atom stereocenters. The van der Waals surface area contributed by atoms with Crippen LogP contribution < -0.4 is 0 Å². The van der Waals surface area contributed by atoms with E-state index < -0.39 is 36.4 Å². The molecule has 0 aliphatic carbocycles. The zero-order chi connectivity index (χ0) is 10.6. The van der Waals surface area contributed by atoms with Gasteiger partial charge in [0.05, 0.1) is 12.8 Å². The van der Waals surface area contributed by atoms with Gasteiger partial charge < -0.3 is 20.4 Å². The SMILES string of the molecule is O=C(O)CC(O)(CC(=O)O)C(=O)O.[Sb]. The van der Waals surface area contributed by atoms with Gasteiger partial charge in [-0.25, -0.2) is 4.79 Å². The number of aliphatic hydroxyl groups is 1. The van der Waals surface area contributed by atoms with E-state index in [0.717, 1.165) is 0 Å². The zero-order valence-corrected chi connectivity index (χ0v) is 9.43. The van der Waals surface area contributed by atoms with Crippen LogP contribution in [0.2, 0.25) is 0 Å². The molecule has 0 saturated carbocycles. The molecule has 0 bridgehead atoms. The van der Waals surface area contributed by atoms with Gasteiger partial charge in [0.25, 0.3) is 0 Å². The molecule has 0 aromatic rings. The van der Waals surface area contributed by atoms with Crippen molar-refractivity contribution in [2.75, 3.05) is 0 Å². The van der Waals surface area contributed by atoms with Crippen molar-refractivity contribution >= 4 is 42.3 Å². The third-order valence-corrected chi connectivity index (χ3v) is 1.29. The molecule has 0 spiro atoms. The molecule has 0 heterocycles. The number of rotatable bonds is 5. The third-order valence-electron chi connectivity index (χ3n) is 1.29.